The Labute approximate surface area is 108 Å². The van der Waals surface area contributed by atoms with Gasteiger partial charge in [-0.3, -0.25) is 4.79 Å². The minimum absolute atomic E-state index is 0.0650. The number of piperazine rings is 1. The van der Waals surface area contributed by atoms with Crippen molar-refractivity contribution in [1.82, 2.24) is 5.32 Å². The lowest BCUT2D eigenvalue weighted by Gasteiger charge is -2.31. The van der Waals surface area contributed by atoms with Crippen LogP contribution in [0.3, 0.4) is 0 Å². The number of nitrogens with one attached hydrogen (secondary N) is 2. The number of quaternary nitrogens is 1. The molecule has 1 unspecified atom stereocenters. The van der Waals surface area contributed by atoms with Crippen LogP contribution in [-0.4, -0.2) is 36.8 Å². The van der Waals surface area contributed by atoms with Crippen molar-refractivity contribution in [2.24, 2.45) is 0 Å². The zero-order valence-corrected chi connectivity index (χ0v) is 10.8. The van der Waals surface area contributed by atoms with Gasteiger partial charge >= 0.3 is 0 Å². The summed E-state index contributed by atoms with van der Waals surface area (Å²) in [5.41, 5.74) is 2.49. The third-order valence-corrected chi connectivity index (χ3v) is 3.52. The van der Waals surface area contributed by atoms with Gasteiger partial charge in [0.25, 0.3) is 5.91 Å². The van der Waals surface area contributed by atoms with E-state index in [1.54, 1.807) is 0 Å². The Morgan fingerprint density at radius 1 is 1.39 bits per heavy atom. The summed E-state index contributed by atoms with van der Waals surface area (Å²) in [7, 11) is 0. The van der Waals surface area contributed by atoms with Crippen molar-refractivity contribution in [3.8, 4) is 0 Å². The number of rotatable bonds is 4. The summed E-state index contributed by atoms with van der Waals surface area (Å²) in [6.45, 7) is 4.62. The summed E-state index contributed by atoms with van der Waals surface area (Å²) in [4.78, 5) is 13.0. The van der Waals surface area contributed by atoms with Gasteiger partial charge in [0.05, 0.1) is 13.1 Å². The largest absolute Gasteiger partial charge is 0.396 e. The van der Waals surface area contributed by atoms with Gasteiger partial charge in [-0.25, -0.2) is 0 Å². The molecule has 3 N–H and O–H groups in total. The molecule has 1 aliphatic heterocycles. The van der Waals surface area contributed by atoms with Gasteiger partial charge in [-0.1, -0.05) is 29.8 Å². The van der Waals surface area contributed by atoms with Crippen LogP contribution in [0.2, 0.25) is 0 Å². The van der Waals surface area contributed by atoms with Gasteiger partial charge in [-0.05, 0) is 6.92 Å². The Kier molecular flexibility index (Phi) is 4.33. The van der Waals surface area contributed by atoms with Crippen LogP contribution in [0.5, 0.6) is 0 Å². The second-order valence-electron chi connectivity index (χ2n) is 4.93. The smallest absolute Gasteiger partial charge is 0.278 e. The molecule has 1 aromatic carbocycles. The molecule has 1 fully saturated rings. The van der Waals surface area contributed by atoms with Gasteiger partial charge in [0.1, 0.15) is 6.54 Å². The van der Waals surface area contributed by atoms with Gasteiger partial charge in [0, 0.05) is 18.6 Å². The fourth-order valence-electron chi connectivity index (χ4n) is 2.47. The number of aliphatic hydroxyl groups is 1. The molecule has 2 rings (SSSR count). The average Bonchev–Trinajstić information content (AvgIpc) is 2.36. The second-order valence-corrected chi connectivity index (χ2v) is 4.93. The fraction of sp³-hybridized carbons (Fsp3) is 0.500. The Balaban J connectivity index is 2.05. The Bertz CT molecular complexity index is 403. The summed E-state index contributed by atoms with van der Waals surface area (Å²) >= 11 is 0. The molecule has 98 valence electrons. The van der Waals surface area contributed by atoms with E-state index in [4.69, 9.17) is 5.11 Å². The van der Waals surface area contributed by atoms with Crippen LogP contribution in [0.25, 0.3) is 0 Å². The summed E-state index contributed by atoms with van der Waals surface area (Å²) < 4.78 is 0. The molecule has 1 aromatic rings. The minimum atomic E-state index is -0.120. The third-order valence-electron chi connectivity index (χ3n) is 3.52. The first-order valence-corrected chi connectivity index (χ1v) is 6.49. The molecule has 4 heteroatoms. The van der Waals surface area contributed by atoms with Gasteiger partial charge in [0.2, 0.25) is 0 Å². The Hall–Kier alpha value is -1.39. The summed E-state index contributed by atoms with van der Waals surface area (Å²) in [5, 5.41) is 11.9. The molecule has 0 bridgehead atoms. The second kappa shape index (κ2) is 5.98. The SMILES string of the molecule is Cc1ccc(C[NH+]2CCNC(=O)[C@@H]2CCO)cc1. The van der Waals surface area contributed by atoms with E-state index in [0.29, 0.717) is 6.42 Å². The molecule has 1 heterocycles. The standard InChI is InChI=1S/C14H20N2O2/c1-11-2-4-12(5-3-11)10-16-8-7-15-14(18)13(16)6-9-17/h2-5,13,17H,6-10H2,1H3,(H,15,18)/p+1/t13-/m0/s1. The summed E-state index contributed by atoms with van der Waals surface area (Å²) in [6, 6.07) is 8.31. The lowest BCUT2D eigenvalue weighted by Crippen LogP contribution is -3.18. The zero-order valence-electron chi connectivity index (χ0n) is 10.8. The molecule has 0 radical (unpaired) electrons. The Morgan fingerprint density at radius 2 is 2.11 bits per heavy atom. The van der Waals surface area contributed by atoms with Gasteiger partial charge in [-0.15, -0.1) is 0 Å². The predicted octanol–water partition coefficient (Wildman–Crippen LogP) is -0.739. The normalized spacial score (nSPS) is 23.8. The predicted molar refractivity (Wildman–Crippen MR) is 69.2 cm³/mol. The zero-order chi connectivity index (χ0) is 13.0. The Morgan fingerprint density at radius 3 is 2.78 bits per heavy atom. The number of amides is 1. The van der Waals surface area contributed by atoms with Crippen LogP contribution in [0.1, 0.15) is 17.5 Å². The number of benzene rings is 1. The van der Waals surface area contributed by atoms with Crippen LogP contribution in [-0.2, 0) is 11.3 Å². The molecular formula is C14H21N2O2+. The number of carbonyl (C=O) groups is 1. The molecule has 0 aromatic heterocycles. The molecule has 0 aliphatic carbocycles. The highest BCUT2D eigenvalue weighted by molar-refractivity contribution is 5.80. The number of hydrogen-bond donors (Lipinski definition) is 3. The van der Waals surface area contributed by atoms with Gasteiger partial charge in [0.15, 0.2) is 6.04 Å². The molecular weight excluding hydrogens is 228 g/mol. The molecule has 2 atom stereocenters. The minimum Gasteiger partial charge on any atom is -0.396 e. The first-order chi connectivity index (χ1) is 8.70. The number of hydrogen-bond acceptors (Lipinski definition) is 2. The highest BCUT2D eigenvalue weighted by Crippen LogP contribution is 2.02. The monoisotopic (exact) mass is 249 g/mol. The van der Waals surface area contributed by atoms with Gasteiger partial charge in [-0.2, -0.15) is 0 Å². The van der Waals surface area contributed by atoms with Crippen molar-refractivity contribution in [1.29, 1.82) is 0 Å². The van der Waals surface area contributed by atoms with Crippen LogP contribution >= 0.6 is 0 Å². The molecule has 0 saturated carbocycles. The molecule has 18 heavy (non-hydrogen) atoms. The maximum Gasteiger partial charge on any atom is 0.278 e. The number of aliphatic hydroxyl groups excluding tert-OH is 1. The molecule has 0 spiro atoms. The van der Waals surface area contributed by atoms with Gasteiger partial charge < -0.3 is 15.3 Å². The lowest BCUT2D eigenvalue weighted by molar-refractivity contribution is -0.931. The molecule has 1 saturated heterocycles. The van der Waals surface area contributed by atoms with Crippen molar-refractivity contribution >= 4 is 5.91 Å². The van der Waals surface area contributed by atoms with E-state index in [0.717, 1.165) is 19.6 Å². The maximum atomic E-state index is 11.8. The topological polar surface area (TPSA) is 53.8 Å². The van der Waals surface area contributed by atoms with Crippen LogP contribution in [0.15, 0.2) is 24.3 Å². The number of carbonyl (C=O) groups excluding carboxylic acids is 1. The van der Waals surface area contributed by atoms with E-state index in [-0.39, 0.29) is 18.6 Å². The molecule has 1 aliphatic rings. The van der Waals surface area contributed by atoms with Crippen LogP contribution in [0, 0.1) is 6.92 Å². The summed E-state index contributed by atoms with van der Waals surface area (Å²) in [5.74, 6) is 0.0670. The van der Waals surface area contributed by atoms with Crippen LogP contribution in [0.4, 0.5) is 0 Å². The van der Waals surface area contributed by atoms with Crippen molar-refractivity contribution in [3.05, 3.63) is 35.4 Å². The quantitative estimate of drug-likeness (QED) is 0.658. The van der Waals surface area contributed by atoms with Crippen molar-refractivity contribution in [2.45, 2.75) is 25.9 Å². The van der Waals surface area contributed by atoms with Crippen molar-refractivity contribution < 1.29 is 14.8 Å². The first-order valence-electron chi connectivity index (χ1n) is 6.49. The van der Waals surface area contributed by atoms with E-state index >= 15 is 0 Å². The average molecular weight is 249 g/mol. The van der Waals surface area contributed by atoms with E-state index in [9.17, 15) is 4.79 Å². The molecule has 4 nitrogen and oxygen atoms in total. The summed E-state index contributed by atoms with van der Waals surface area (Å²) in [6.07, 6.45) is 0.535. The van der Waals surface area contributed by atoms with E-state index in [2.05, 4.69) is 36.5 Å². The fourth-order valence-corrected chi connectivity index (χ4v) is 2.47. The third kappa shape index (κ3) is 3.09. The van der Waals surface area contributed by atoms with E-state index in [1.165, 1.54) is 16.0 Å². The first kappa shape index (κ1) is 13.1. The highest BCUT2D eigenvalue weighted by Gasteiger charge is 2.32. The van der Waals surface area contributed by atoms with Crippen molar-refractivity contribution in [2.75, 3.05) is 19.7 Å². The van der Waals surface area contributed by atoms with Crippen LogP contribution < -0.4 is 10.2 Å². The molecule has 1 amide bonds. The lowest BCUT2D eigenvalue weighted by atomic mass is 10.1. The van der Waals surface area contributed by atoms with E-state index in [1.807, 2.05) is 0 Å². The van der Waals surface area contributed by atoms with E-state index < -0.39 is 0 Å². The van der Waals surface area contributed by atoms with Crippen molar-refractivity contribution in [3.63, 3.8) is 0 Å². The number of aryl methyl sites for hydroxylation is 1. The maximum absolute atomic E-state index is 11.8. The highest BCUT2D eigenvalue weighted by atomic mass is 16.3.